The van der Waals surface area contributed by atoms with Gasteiger partial charge in [-0.1, -0.05) is 0 Å². The van der Waals surface area contributed by atoms with Crippen molar-refractivity contribution in [3.8, 4) is 6.07 Å². The van der Waals surface area contributed by atoms with E-state index >= 15 is 0 Å². The van der Waals surface area contributed by atoms with Gasteiger partial charge in [-0.2, -0.15) is 10.4 Å². The molecule has 88 valence electrons. The van der Waals surface area contributed by atoms with Gasteiger partial charge in [-0.05, 0) is 27.8 Å². The first-order valence-corrected chi connectivity index (χ1v) is 5.51. The lowest BCUT2D eigenvalue weighted by molar-refractivity contribution is 0.239. The van der Waals surface area contributed by atoms with E-state index in [4.69, 9.17) is 5.26 Å². The molecule has 1 atom stereocenters. The second-order valence-corrected chi connectivity index (χ2v) is 4.34. The van der Waals surface area contributed by atoms with Crippen LogP contribution in [0.15, 0.2) is 6.33 Å². The van der Waals surface area contributed by atoms with Crippen molar-refractivity contribution in [2.75, 3.05) is 7.05 Å². The Morgan fingerprint density at radius 3 is 2.75 bits per heavy atom. The van der Waals surface area contributed by atoms with E-state index in [2.05, 4.69) is 34.9 Å². The van der Waals surface area contributed by atoms with Crippen LogP contribution < -0.4 is 0 Å². The van der Waals surface area contributed by atoms with Crippen LogP contribution in [0.2, 0.25) is 0 Å². The molecule has 1 rings (SSSR count). The molecule has 0 saturated carbocycles. The molecule has 0 aliphatic carbocycles. The van der Waals surface area contributed by atoms with Crippen LogP contribution in [0, 0.1) is 11.3 Å². The first-order chi connectivity index (χ1) is 7.56. The summed E-state index contributed by atoms with van der Waals surface area (Å²) in [4.78, 5) is 6.36. The van der Waals surface area contributed by atoms with Crippen molar-refractivity contribution < 1.29 is 0 Å². The highest BCUT2D eigenvalue weighted by Crippen LogP contribution is 2.09. The van der Waals surface area contributed by atoms with Crippen molar-refractivity contribution in [1.82, 2.24) is 19.7 Å². The van der Waals surface area contributed by atoms with Crippen molar-refractivity contribution >= 4 is 0 Å². The maximum atomic E-state index is 8.64. The molecule has 0 spiro atoms. The molecule has 16 heavy (non-hydrogen) atoms. The summed E-state index contributed by atoms with van der Waals surface area (Å²) in [6.07, 6.45) is 2.12. The molecule has 0 fully saturated rings. The van der Waals surface area contributed by atoms with E-state index in [1.54, 1.807) is 6.33 Å². The van der Waals surface area contributed by atoms with E-state index in [1.807, 2.05) is 18.7 Å². The van der Waals surface area contributed by atoms with Crippen molar-refractivity contribution in [1.29, 1.82) is 5.26 Å². The Labute approximate surface area is 96.7 Å². The fourth-order valence-corrected chi connectivity index (χ4v) is 1.49. The topological polar surface area (TPSA) is 57.7 Å². The monoisotopic (exact) mass is 221 g/mol. The Kier molecular flexibility index (Phi) is 4.44. The summed E-state index contributed by atoms with van der Waals surface area (Å²) in [7, 11) is 2.00. The average molecular weight is 221 g/mol. The number of hydrogen-bond acceptors (Lipinski definition) is 4. The maximum Gasteiger partial charge on any atom is 0.141 e. The number of rotatable bonds is 5. The first kappa shape index (κ1) is 12.7. The average Bonchev–Trinajstić information content (AvgIpc) is 2.66. The molecule has 0 aromatic carbocycles. The molecule has 1 heterocycles. The molecule has 0 N–H and O–H groups in total. The van der Waals surface area contributed by atoms with Gasteiger partial charge in [-0.3, -0.25) is 4.90 Å². The lowest BCUT2D eigenvalue weighted by atomic mass is 10.2. The van der Waals surface area contributed by atoms with Crippen LogP contribution >= 0.6 is 0 Å². The standard InChI is InChI=1S/C11H19N5/c1-9(2)16-11(13-8-14-16)7-15(4)10(3)5-6-12/h8-10H,5,7H2,1-4H3. The third kappa shape index (κ3) is 3.04. The second-order valence-electron chi connectivity index (χ2n) is 4.34. The van der Waals surface area contributed by atoms with Gasteiger partial charge in [-0.15, -0.1) is 0 Å². The van der Waals surface area contributed by atoms with Gasteiger partial charge in [-0.25, -0.2) is 9.67 Å². The minimum Gasteiger partial charge on any atom is -0.295 e. The number of nitriles is 1. The highest BCUT2D eigenvalue weighted by Gasteiger charge is 2.14. The van der Waals surface area contributed by atoms with Crippen molar-refractivity contribution in [3.63, 3.8) is 0 Å². The van der Waals surface area contributed by atoms with Crippen molar-refractivity contribution in [2.24, 2.45) is 0 Å². The Balaban J connectivity index is 2.66. The summed E-state index contributed by atoms with van der Waals surface area (Å²) in [5.74, 6) is 0.947. The number of hydrogen-bond donors (Lipinski definition) is 0. The largest absolute Gasteiger partial charge is 0.295 e. The second kappa shape index (κ2) is 5.61. The SMILES string of the molecule is CC(CC#N)N(C)Cc1ncnn1C(C)C. The predicted molar refractivity (Wildman–Crippen MR) is 61.6 cm³/mol. The quantitative estimate of drug-likeness (QED) is 0.757. The highest BCUT2D eigenvalue weighted by molar-refractivity contribution is 4.88. The fraction of sp³-hybridized carbons (Fsp3) is 0.727. The van der Waals surface area contributed by atoms with Gasteiger partial charge in [0, 0.05) is 12.1 Å². The van der Waals surface area contributed by atoms with Gasteiger partial charge in [0.05, 0.1) is 19.0 Å². The molecule has 5 heteroatoms. The van der Waals surface area contributed by atoms with Crippen LogP contribution in [0.3, 0.4) is 0 Å². The molecule has 0 saturated heterocycles. The van der Waals surface area contributed by atoms with E-state index < -0.39 is 0 Å². The maximum absolute atomic E-state index is 8.64. The molecular weight excluding hydrogens is 202 g/mol. The third-order valence-electron chi connectivity index (χ3n) is 2.67. The summed E-state index contributed by atoms with van der Waals surface area (Å²) in [5, 5.41) is 12.8. The molecule has 1 aromatic rings. The zero-order chi connectivity index (χ0) is 12.1. The van der Waals surface area contributed by atoms with Crippen LogP contribution in [0.4, 0.5) is 0 Å². The van der Waals surface area contributed by atoms with E-state index in [0.29, 0.717) is 12.5 Å². The molecule has 0 aliphatic heterocycles. The first-order valence-electron chi connectivity index (χ1n) is 5.51. The molecular formula is C11H19N5. The van der Waals surface area contributed by atoms with Crippen LogP contribution in [0.25, 0.3) is 0 Å². The number of nitrogens with zero attached hydrogens (tertiary/aromatic N) is 5. The zero-order valence-corrected chi connectivity index (χ0v) is 10.4. The summed E-state index contributed by atoms with van der Waals surface area (Å²) < 4.78 is 1.91. The van der Waals surface area contributed by atoms with Gasteiger partial charge in [0.1, 0.15) is 12.2 Å². The zero-order valence-electron chi connectivity index (χ0n) is 10.4. The molecule has 0 bridgehead atoms. The molecule has 0 aliphatic rings. The van der Waals surface area contributed by atoms with E-state index in [0.717, 1.165) is 12.4 Å². The molecule has 1 unspecified atom stereocenters. The Morgan fingerprint density at radius 1 is 1.50 bits per heavy atom. The molecule has 0 radical (unpaired) electrons. The lowest BCUT2D eigenvalue weighted by Gasteiger charge is -2.22. The fourth-order valence-electron chi connectivity index (χ4n) is 1.49. The van der Waals surface area contributed by atoms with Gasteiger partial charge in [0.15, 0.2) is 0 Å². The Bertz CT molecular complexity index is 363. The Morgan fingerprint density at radius 2 is 2.19 bits per heavy atom. The number of aromatic nitrogens is 3. The van der Waals surface area contributed by atoms with Crippen LogP contribution in [-0.2, 0) is 6.54 Å². The van der Waals surface area contributed by atoms with Crippen molar-refractivity contribution in [2.45, 2.75) is 45.8 Å². The highest BCUT2D eigenvalue weighted by atomic mass is 15.4. The summed E-state index contributed by atoms with van der Waals surface area (Å²) in [5.41, 5.74) is 0. The van der Waals surface area contributed by atoms with Crippen LogP contribution in [0.1, 0.15) is 39.1 Å². The summed E-state index contributed by atoms with van der Waals surface area (Å²) in [6.45, 7) is 6.92. The predicted octanol–water partition coefficient (Wildman–Crippen LogP) is 1.59. The summed E-state index contributed by atoms with van der Waals surface area (Å²) in [6, 6.07) is 2.74. The van der Waals surface area contributed by atoms with E-state index in [9.17, 15) is 0 Å². The minimum atomic E-state index is 0.238. The van der Waals surface area contributed by atoms with Gasteiger partial charge >= 0.3 is 0 Å². The third-order valence-corrected chi connectivity index (χ3v) is 2.67. The molecule has 1 aromatic heterocycles. The van der Waals surface area contributed by atoms with Gasteiger partial charge in [0.2, 0.25) is 0 Å². The van der Waals surface area contributed by atoms with Crippen LogP contribution in [-0.4, -0.2) is 32.8 Å². The molecule has 0 amide bonds. The Hall–Kier alpha value is -1.41. The van der Waals surface area contributed by atoms with Gasteiger partial charge in [0.25, 0.3) is 0 Å². The smallest absolute Gasteiger partial charge is 0.141 e. The summed E-state index contributed by atoms with van der Waals surface area (Å²) >= 11 is 0. The van der Waals surface area contributed by atoms with E-state index in [1.165, 1.54) is 0 Å². The minimum absolute atomic E-state index is 0.238. The normalized spacial score (nSPS) is 13.1. The van der Waals surface area contributed by atoms with Crippen molar-refractivity contribution in [3.05, 3.63) is 12.2 Å². The lowest BCUT2D eigenvalue weighted by Crippen LogP contribution is -2.29. The van der Waals surface area contributed by atoms with Gasteiger partial charge < -0.3 is 0 Å². The van der Waals surface area contributed by atoms with Crippen LogP contribution in [0.5, 0.6) is 0 Å². The molecule has 5 nitrogen and oxygen atoms in total. The van der Waals surface area contributed by atoms with E-state index in [-0.39, 0.29) is 6.04 Å².